The van der Waals surface area contributed by atoms with Crippen molar-refractivity contribution in [3.63, 3.8) is 0 Å². The van der Waals surface area contributed by atoms with E-state index in [-0.39, 0.29) is 5.56 Å². The molecule has 0 aliphatic carbocycles. The fourth-order valence-corrected chi connectivity index (χ4v) is 3.31. The summed E-state index contributed by atoms with van der Waals surface area (Å²) < 4.78 is 3.60. The van der Waals surface area contributed by atoms with E-state index in [4.69, 9.17) is 0 Å². The van der Waals surface area contributed by atoms with Crippen LogP contribution in [0.25, 0.3) is 16.7 Å². The van der Waals surface area contributed by atoms with Crippen LogP contribution < -0.4 is 5.56 Å². The Hall–Kier alpha value is -2.21. The molecule has 1 unspecified atom stereocenters. The first-order chi connectivity index (χ1) is 11.8. The molecule has 6 heteroatoms. The smallest absolute Gasteiger partial charge is 0.262 e. The topological polar surface area (TPSA) is 55.4 Å². The SMILES string of the molecule is CCN(Cc1nnc2n(C)c(=O)c3cc(C)ccc3n12)C(C)C(C)C. The normalized spacial score (nSPS) is 13.4. The molecule has 0 radical (unpaired) electrons. The summed E-state index contributed by atoms with van der Waals surface area (Å²) in [5, 5.41) is 9.41. The van der Waals surface area contributed by atoms with Crippen molar-refractivity contribution in [2.45, 2.75) is 47.2 Å². The molecular weight excluding hydrogens is 314 g/mol. The summed E-state index contributed by atoms with van der Waals surface area (Å²) in [6, 6.07) is 6.40. The Balaban J connectivity index is 2.21. The molecule has 0 saturated carbocycles. The Morgan fingerprint density at radius 2 is 1.92 bits per heavy atom. The molecule has 134 valence electrons. The largest absolute Gasteiger partial charge is 0.293 e. The molecule has 0 fully saturated rings. The van der Waals surface area contributed by atoms with Gasteiger partial charge in [-0.15, -0.1) is 10.2 Å². The Bertz CT molecular complexity index is 969. The van der Waals surface area contributed by atoms with Crippen LogP contribution in [-0.2, 0) is 13.6 Å². The van der Waals surface area contributed by atoms with Crippen molar-refractivity contribution in [1.29, 1.82) is 0 Å². The van der Waals surface area contributed by atoms with Crippen LogP contribution in [0.2, 0.25) is 0 Å². The highest BCUT2D eigenvalue weighted by atomic mass is 16.1. The van der Waals surface area contributed by atoms with Crippen molar-refractivity contribution in [3.05, 3.63) is 39.9 Å². The van der Waals surface area contributed by atoms with E-state index in [0.29, 0.717) is 29.7 Å². The van der Waals surface area contributed by atoms with Crippen molar-refractivity contribution in [2.24, 2.45) is 13.0 Å². The molecule has 25 heavy (non-hydrogen) atoms. The lowest BCUT2D eigenvalue weighted by atomic mass is 10.0. The van der Waals surface area contributed by atoms with Gasteiger partial charge >= 0.3 is 0 Å². The van der Waals surface area contributed by atoms with Gasteiger partial charge in [-0.3, -0.25) is 18.7 Å². The van der Waals surface area contributed by atoms with Crippen molar-refractivity contribution < 1.29 is 0 Å². The Kier molecular flexibility index (Phi) is 4.64. The van der Waals surface area contributed by atoms with Crippen molar-refractivity contribution >= 4 is 16.7 Å². The molecule has 1 atom stereocenters. The quantitative estimate of drug-likeness (QED) is 0.716. The highest BCUT2D eigenvalue weighted by Gasteiger charge is 2.20. The van der Waals surface area contributed by atoms with Gasteiger partial charge in [-0.25, -0.2) is 0 Å². The molecule has 2 heterocycles. The van der Waals surface area contributed by atoms with Crippen molar-refractivity contribution in [3.8, 4) is 0 Å². The van der Waals surface area contributed by atoms with Crippen LogP contribution in [-0.4, -0.2) is 36.7 Å². The van der Waals surface area contributed by atoms with Crippen molar-refractivity contribution in [1.82, 2.24) is 24.1 Å². The van der Waals surface area contributed by atoms with Gasteiger partial charge in [-0.2, -0.15) is 0 Å². The Labute approximate surface area is 148 Å². The number of hydrogen-bond acceptors (Lipinski definition) is 4. The van der Waals surface area contributed by atoms with Crippen LogP contribution in [0.3, 0.4) is 0 Å². The van der Waals surface area contributed by atoms with Gasteiger partial charge in [0, 0.05) is 13.1 Å². The molecule has 0 N–H and O–H groups in total. The predicted octanol–water partition coefficient (Wildman–Crippen LogP) is 2.76. The van der Waals surface area contributed by atoms with Crippen LogP contribution in [0.4, 0.5) is 0 Å². The van der Waals surface area contributed by atoms with E-state index >= 15 is 0 Å². The van der Waals surface area contributed by atoms with E-state index in [1.165, 1.54) is 0 Å². The number of aromatic nitrogens is 4. The van der Waals surface area contributed by atoms with E-state index in [1.54, 1.807) is 11.6 Å². The maximum Gasteiger partial charge on any atom is 0.262 e. The van der Waals surface area contributed by atoms with Gasteiger partial charge in [-0.05, 0) is 38.4 Å². The summed E-state index contributed by atoms with van der Waals surface area (Å²) in [7, 11) is 1.76. The lowest BCUT2D eigenvalue weighted by molar-refractivity contribution is 0.164. The second-order valence-corrected chi connectivity index (χ2v) is 7.18. The summed E-state index contributed by atoms with van der Waals surface area (Å²) in [5.74, 6) is 2.02. The van der Waals surface area contributed by atoms with Crippen LogP contribution in [0.1, 0.15) is 39.1 Å². The molecule has 1 aromatic carbocycles. The molecule has 2 aromatic heterocycles. The lowest BCUT2D eigenvalue weighted by Gasteiger charge is -2.30. The summed E-state index contributed by atoms with van der Waals surface area (Å²) in [6.07, 6.45) is 0. The average molecular weight is 341 g/mol. The number of benzene rings is 1. The van der Waals surface area contributed by atoms with Gasteiger partial charge in [0.2, 0.25) is 5.78 Å². The fraction of sp³-hybridized carbons (Fsp3) is 0.526. The molecule has 3 rings (SSSR count). The molecule has 0 spiro atoms. The minimum Gasteiger partial charge on any atom is -0.293 e. The first kappa shape index (κ1) is 17.6. The number of nitrogens with zero attached hydrogens (tertiary/aromatic N) is 5. The van der Waals surface area contributed by atoms with E-state index in [9.17, 15) is 4.79 Å². The van der Waals surface area contributed by atoms with Gasteiger partial charge < -0.3 is 0 Å². The lowest BCUT2D eigenvalue weighted by Crippen LogP contribution is -2.36. The molecule has 6 nitrogen and oxygen atoms in total. The van der Waals surface area contributed by atoms with Crippen molar-refractivity contribution in [2.75, 3.05) is 6.54 Å². The highest BCUT2D eigenvalue weighted by molar-refractivity contribution is 5.81. The van der Waals surface area contributed by atoms with Gasteiger partial charge in [0.25, 0.3) is 5.56 Å². The maximum atomic E-state index is 12.7. The zero-order valence-electron chi connectivity index (χ0n) is 15.9. The van der Waals surface area contributed by atoms with Crippen LogP contribution >= 0.6 is 0 Å². The third-order valence-corrected chi connectivity index (χ3v) is 5.23. The fourth-order valence-electron chi connectivity index (χ4n) is 3.31. The minimum absolute atomic E-state index is 0.0342. The number of hydrogen-bond donors (Lipinski definition) is 0. The van der Waals surface area contributed by atoms with Crippen LogP contribution in [0, 0.1) is 12.8 Å². The number of aryl methyl sites for hydroxylation is 2. The maximum absolute atomic E-state index is 12.7. The number of fused-ring (bicyclic) bond motifs is 3. The van der Waals surface area contributed by atoms with E-state index in [1.807, 2.05) is 29.5 Å². The first-order valence-electron chi connectivity index (χ1n) is 8.92. The molecule has 3 aromatic rings. The van der Waals surface area contributed by atoms with E-state index in [2.05, 4.69) is 42.8 Å². The highest BCUT2D eigenvalue weighted by Crippen LogP contribution is 2.18. The minimum atomic E-state index is -0.0342. The molecule has 0 bridgehead atoms. The molecule has 0 amide bonds. The van der Waals surface area contributed by atoms with Gasteiger partial charge in [0.1, 0.15) is 0 Å². The first-order valence-corrected chi connectivity index (χ1v) is 8.92. The zero-order chi connectivity index (χ0) is 18.3. The summed E-state index contributed by atoms with van der Waals surface area (Å²) in [6.45, 7) is 12.5. The standard InChI is InChI=1S/C19H27N5O/c1-7-23(14(5)12(2)3)11-17-20-21-19-22(6)18(25)15-10-13(4)8-9-16(15)24(17)19/h8-10,12,14H,7,11H2,1-6H3. The molecule has 0 aliphatic heterocycles. The van der Waals surface area contributed by atoms with Gasteiger partial charge in [0.05, 0.1) is 17.4 Å². The van der Waals surface area contributed by atoms with Crippen LogP contribution in [0.15, 0.2) is 23.0 Å². The second-order valence-electron chi connectivity index (χ2n) is 7.18. The van der Waals surface area contributed by atoms with E-state index < -0.39 is 0 Å². The Morgan fingerprint density at radius 1 is 1.20 bits per heavy atom. The monoisotopic (exact) mass is 341 g/mol. The Morgan fingerprint density at radius 3 is 2.56 bits per heavy atom. The summed E-state index contributed by atoms with van der Waals surface area (Å²) in [4.78, 5) is 15.0. The second kappa shape index (κ2) is 6.59. The summed E-state index contributed by atoms with van der Waals surface area (Å²) >= 11 is 0. The summed E-state index contributed by atoms with van der Waals surface area (Å²) in [5.41, 5.74) is 1.91. The molecule has 0 saturated heterocycles. The third kappa shape index (κ3) is 2.95. The molecular formula is C19H27N5O. The predicted molar refractivity (Wildman–Crippen MR) is 101 cm³/mol. The number of rotatable bonds is 5. The van der Waals surface area contributed by atoms with Gasteiger partial charge in [0.15, 0.2) is 5.82 Å². The van der Waals surface area contributed by atoms with E-state index in [0.717, 1.165) is 23.4 Å². The average Bonchev–Trinajstić information content (AvgIpc) is 3.00. The van der Waals surface area contributed by atoms with Crippen LogP contribution in [0.5, 0.6) is 0 Å². The third-order valence-electron chi connectivity index (χ3n) is 5.23. The van der Waals surface area contributed by atoms with Gasteiger partial charge in [-0.1, -0.05) is 32.4 Å². The molecule has 0 aliphatic rings. The zero-order valence-corrected chi connectivity index (χ0v) is 15.9.